The van der Waals surface area contributed by atoms with Crippen LogP contribution in [0.2, 0.25) is 0 Å². The zero-order valence-electron chi connectivity index (χ0n) is 10.6. The molecule has 2 aromatic rings. The van der Waals surface area contributed by atoms with Crippen LogP contribution in [-0.4, -0.2) is 17.5 Å². The number of hydrogen-bond donors (Lipinski definition) is 0. The van der Waals surface area contributed by atoms with Crippen molar-refractivity contribution in [2.45, 2.75) is 6.92 Å². The summed E-state index contributed by atoms with van der Waals surface area (Å²) in [5.41, 5.74) is 2.68. The molecule has 0 aliphatic heterocycles. The molecule has 4 heteroatoms. The van der Waals surface area contributed by atoms with Gasteiger partial charge >= 0.3 is 0 Å². The predicted molar refractivity (Wildman–Crippen MR) is 77.0 cm³/mol. The summed E-state index contributed by atoms with van der Waals surface area (Å²) in [6.07, 6.45) is 1.87. The molecule has 18 heavy (non-hydrogen) atoms. The molecular weight excluding hydrogens is 292 g/mol. The van der Waals surface area contributed by atoms with Crippen LogP contribution in [0.3, 0.4) is 0 Å². The minimum absolute atomic E-state index is 0.0162. The molecule has 0 saturated carbocycles. The van der Waals surface area contributed by atoms with Crippen molar-refractivity contribution in [1.29, 1.82) is 0 Å². The monoisotopic (exact) mass is 306 g/mol. The molecule has 1 heterocycles. The average molecular weight is 307 g/mol. The molecule has 94 valence electrons. The lowest BCUT2D eigenvalue weighted by Crippen LogP contribution is -2.28. The second-order valence-electron chi connectivity index (χ2n) is 4.31. The number of halogens is 1. The van der Waals surface area contributed by atoms with Crippen LogP contribution in [0.4, 0.5) is 5.69 Å². The van der Waals surface area contributed by atoms with Gasteiger partial charge in [-0.05, 0) is 40.5 Å². The number of benzene rings is 1. The van der Waals surface area contributed by atoms with Crippen molar-refractivity contribution in [3.8, 4) is 0 Å². The van der Waals surface area contributed by atoms with Crippen molar-refractivity contribution in [2.24, 2.45) is 7.05 Å². The van der Waals surface area contributed by atoms with E-state index in [0.29, 0.717) is 5.69 Å². The molecule has 1 aromatic carbocycles. The summed E-state index contributed by atoms with van der Waals surface area (Å²) in [6, 6.07) is 9.69. The first-order valence-electron chi connectivity index (χ1n) is 5.66. The van der Waals surface area contributed by atoms with E-state index < -0.39 is 0 Å². The molecule has 0 fully saturated rings. The van der Waals surface area contributed by atoms with E-state index in [4.69, 9.17) is 0 Å². The number of aryl methyl sites for hydroxylation is 2. The average Bonchev–Trinajstić information content (AvgIpc) is 2.67. The van der Waals surface area contributed by atoms with Crippen molar-refractivity contribution in [3.05, 3.63) is 52.3 Å². The molecule has 0 saturated heterocycles. The number of carbonyl (C=O) groups is 1. The number of rotatable bonds is 2. The van der Waals surface area contributed by atoms with Crippen LogP contribution in [0.25, 0.3) is 0 Å². The minimum Gasteiger partial charge on any atom is -0.345 e. The summed E-state index contributed by atoms with van der Waals surface area (Å²) in [5, 5.41) is 0. The van der Waals surface area contributed by atoms with Crippen LogP contribution in [0.1, 0.15) is 16.1 Å². The highest BCUT2D eigenvalue weighted by molar-refractivity contribution is 9.10. The van der Waals surface area contributed by atoms with Crippen LogP contribution in [-0.2, 0) is 7.05 Å². The number of anilines is 1. The zero-order chi connectivity index (χ0) is 13.3. The van der Waals surface area contributed by atoms with Gasteiger partial charge in [0, 0.05) is 30.5 Å². The minimum atomic E-state index is -0.0162. The van der Waals surface area contributed by atoms with Gasteiger partial charge < -0.3 is 9.47 Å². The van der Waals surface area contributed by atoms with E-state index in [2.05, 4.69) is 15.9 Å². The normalized spacial score (nSPS) is 10.4. The molecule has 0 aliphatic rings. The molecule has 1 aromatic heterocycles. The number of carbonyl (C=O) groups excluding carboxylic acids is 1. The maximum atomic E-state index is 12.4. The van der Waals surface area contributed by atoms with Gasteiger partial charge in [0.15, 0.2) is 0 Å². The third-order valence-electron chi connectivity index (χ3n) is 2.97. The molecule has 1 amide bonds. The SMILES string of the molecule is Cc1ccccc1N(C)C(=O)c1cc(Br)cn1C. The van der Waals surface area contributed by atoms with Gasteiger partial charge in [0.2, 0.25) is 0 Å². The van der Waals surface area contributed by atoms with Gasteiger partial charge in [-0.3, -0.25) is 4.79 Å². The Morgan fingerprint density at radius 2 is 2.00 bits per heavy atom. The van der Waals surface area contributed by atoms with Gasteiger partial charge in [0.1, 0.15) is 5.69 Å². The van der Waals surface area contributed by atoms with E-state index in [0.717, 1.165) is 15.7 Å². The second kappa shape index (κ2) is 4.98. The number of para-hydroxylation sites is 1. The molecule has 0 unspecified atom stereocenters. The number of amides is 1. The topological polar surface area (TPSA) is 25.2 Å². The van der Waals surface area contributed by atoms with E-state index in [1.807, 2.05) is 55.1 Å². The number of hydrogen-bond acceptors (Lipinski definition) is 1. The Labute approximate surface area is 115 Å². The summed E-state index contributed by atoms with van der Waals surface area (Å²) < 4.78 is 2.73. The van der Waals surface area contributed by atoms with Crippen molar-refractivity contribution in [1.82, 2.24) is 4.57 Å². The molecule has 2 rings (SSSR count). The summed E-state index contributed by atoms with van der Waals surface area (Å²) in [7, 11) is 3.66. The van der Waals surface area contributed by atoms with Crippen molar-refractivity contribution in [2.75, 3.05) is 11.9 Å². The van der Waals surface area contributed by atoms with Crippen LogP contribution in [0.15, 0.2) is 41.0 Å². The largest absolute Gasteiger partial charge is 0.345 e. The Kier molecular flexibility index (Phi) is 3.57. The number of aromatic nitrogens is 1. The summed E-state index contributed by atoms with van der Waals surface area (Å²) in [6.45, 7) is 2.00. The Bertz CT molecular complexity index is 589. The van der Waals surface area contributed by atoms with Crippen molar-refractivity contribution >= 4 is 27.5 Å². The van der Waals surface area contributed by atoms with Crippen LogP contribution in [0.5, 0.6) is 0 Å². The Morgan fingerprint density at radius 3 is 2.56 bits per heavy atom. The van der Waals surface area contributed by atoms with E-state index in [1.54, 1.807) is 11.9 Å². The predicted octanol–water partition coefficient (Wildman–Crippen LogP) is 3.37. The Hall–Kier alpha value is -1.55. The van der Waals surface area contributed by atoms with Gasteiger partial charge in [0.05, 0.1) is 0 Å². The van der Waals surface area contributed by atoms with Crippen LogP contribution >= 0.6 is 15.9 Å². The number of nitrogens with zero attached hydrogens (tertiary/aromatic N) is 2. The van der Waals surface area contributed by atoms with Gasteiger partial charge in [-0.2, -0.15) is 0 Å². The maximum absolute atomic E-state index is 12.4. The van der Waals surface area contributed by atoms with E-state index >= 15 is 0 Å². The fourth-order valence-corrected chi connectivity index (χ4v) is 2.48. The highest BCUT2D eigenvalue weighted by Gasteiger charge is 2.18. The molecule has 0 radical (unpaired) electrons. The van der Waals surface area contributed by atoms with Crippen molar-refractivity contribution in [3.63, 3.8) is 0 Å². The van der Waals surface area contributed by atoms with Crippen LogP contribution in [0, 0.1) is 6.92 Å². The maximum Gasteiger partial charge on any atom is 0.274 e. The Morgan fingerprint density at radius 1 is 1.33 bits per heavy atom. The first-order chi connectivity index (χ1) is 8.50. The van der Waals surface area contributed by atoms with Crippen LogP contribution < -0.4 is 4.90 Å². The van der Waals surface area contributed by atoms with E-state index in [9.17, 15) is 4.79 Å². The van der Waals surface area contributed by atoms with E-state index in [1.165, 1.54) is 0 Å². The Balaban J connectivity index is 2.35. The third kappa shape index (κ3) is 2.34. The molecular formula is C14H15BrN2O. The second-order valence-corrected chi connectivity index (χ2v) is 5.22. The highest BCUT2D eigenvalue weighted by atomic mass is 79.9. The lowest BCUT2D eigenvalue weighted by Gasteiger charge is -2.19. The zero-order valence-corrected chi connectivity index (χ0v) is 12.2. The molecule has 0 aliphatic carbocycles. The molecule has 3 nitrogen and oxygen atoms in total. The first-order valence-corrected chi connectivity index (χ1v) is 6.45. The lowest BCUT2D eigenvalue weighted by molar-refractivity contribution is 0.0985. The molecule has 0 spiro atoms. The smallest absolute Gasteiger partial charge is 0.274 e. The van der Waals surface area contributed by atoms with Gasteiger partial charge in [-0.25, -0.2) is 0 Å². The summed E-state index contributed by atoms with van der Waals surface area (Å²) >= 11 is 3.38. The quantitative estimate of drug-likeness (QED) is 0.835. The van der Waals surface area contributed by atoms with Gasteiger partial charge in [-0.15, -0.1) is 0 Å². The first kappa shape index (κ1) is 12.9. The fourth-order valence-electron chi connectivity index (χ4n) is 1.96. The fraction of sp³-hybridized carbons (Fsp3) is 0.214. The molecule has 0 bridgehead atoms. The molecule has 0 atom stereocenters. The highest BCUT2D eigenvalue weighted by Crippen LogP contribution is 2.21. The van der Waals surface area contributed by atoms with Gasteiger partial charge in [-0.1, -0.05) is 18.2 Å². The van der Waals surface area contributed by atoms with Crippen molar-refractivity contribution < 1.29 is 4.79 Å². The van der Waals surface area contributed by atoms with Gasteiger partial charge in [0.25, 0.3) is 5.91 Å². The molecule has 0 N–H and O–H groups in total. The standard InChI is InChI=1S/C14H15BrN2O/c1-10-6-4-5-7-12(10)17(3)14(18)13-8-11(15)9-16(13)2/h4-9H,1-3H3. The summed E-state index contributed by atoms with van der Waals surface area (Å²) in [5.74, 6) is -0.0162. The lowest BCUT2D eigenvalue weighted by atomic mass is 10.2. The van der Waals surface area contributed by atoms with E-state index in [-0.39, 0.29) is 5.91 Å². The summed E-state index contributed by atoms with van der Waals surface area (Å²) in [4.78, 5) is 14.1. The third-order valence-corrected chi connectivity index (χ3v) is 3.41.